The van der Waals surface area contributed by atoms with Gasteiger partial charge in [0, 0.05) is 33.8 Å². The molecule has 0 aliphatic carbocycles. The first-order valence-corrected chi connectivity index (χ1v) is 10.5. The Kier molecular flexibility index (Phi) is 5.11. The zero-order chi connectivity index (χ0) is 18.1. The summed E-state index contributed by atoms with van der Waals surface area (Å²) >= 11 is 4.93. The summed E-state index contributed by atoms with van der Waals surface area (Å²) in [6, 6.07) is 7.76. The van der Waals surface area contributed by atoms with Gasteiger partial charge in [-0.2, -0.15) is 0 Å². The van der Waals surface area contributed by atoms with Crippen LogP contribution in [0.5, 0.6) is 0 Å². The van der Waals surface area contributed by atoms with Gasteiger partial charge < -0.3 is 4.98 Å². The summed E-state index contributed by atoms with van der Waals surface area (Å²) in [6.45, 7) is 5.42. The van der Waals surface area contributed by atoms with Crippen molar-refractivity contribution in [3.8, 4) is 0 Å². The van der Waals surface area contributed by atoms with Crippen molar-refractivity contribution in [2.75, 3.05) is 18.4 Å². The SMILES string of the molecule is CC1CCCN(Cc2csc(NC(=O)c3cc4cc(Br)ccc4[nH]3)n2)C1. The minimum atomic E-state index is -0.162. The second kappa shape index (κ2) is 7.50. The van der Waals surface area contributed by atoms with E-state index in [1.807, 2.05) is 29.6 Å². The van der Waals surface area contributed by atoms with E-state index in [-0.39, 0.29) is 5.91 Å². The summed E-state index contributed by atoms with van der Waals surface area (Å²) in [7, 11) is 0. The van der Waals surface area contributed by atoms with Crippen molar-refractivity contribution >= 4 is 49.2 Å². The third kappa shape index (κ3) is 4.00. The molecule has 3 heterocycles. The summed E-state index contributed by atoms with van der Waals surface area (Å²) in [5.74, 6) is 0.591. The lowest BCUT2D eigenvalue weighted by Gasteiger charge is -2.30. The molecule has 0 saturated carbocycles. The van der Waals surface area contributed by atoms with E-state index in [0.717, 1.165) is 46.6 Å². The summed E-state index contributed by atoms with van der Waals surface area (Å²) in [4.78, 5) is 22.7. The maximum atomic E-state index is 12.5. The number of halogens is 1. The van der Waals surface area contributed by atoms with Gasteiger partial charge in [0.15, 0.2) is 5.13 Å². The molecule has 0 radical (unpaired) electrons. The number of aromatic nitrogens is 2. The van der Waals surface area contributed by atoms with Crippen LogP contribution in [0, 0.1) is 5.92 Å². The monoisotopic (exact) mass is 432 g/mol. The highest BCUT2D eigenvalue weighted by atomic mass is 79.9. The van der Waals surface area contributed by atoms with Crippen molar-refractivity contribution in [2.45, 2.75) is 26.3 Å². The van der Waals surface area contributed by atoms with E-state index in [1.54, 1.807) is 0 Å². The number of carbonyl (C=O) groups is 1. The Bertz CT molecular complexity index is 935. The second-order valence-corrected chi connectivity index (χ2v) is 8.77. The number of thiazole rings is 1. The Morgan fingerprint density at radius 3 is 3.19 bits per heavy atom. The molecule has 2 aromatic heterocycles. The Morgan fingerprint density at radius 1 is 1.46 bits per heavy atom. The first-order valence-electron chi connectivity index (χ1n) is 8.83. The van der Waals surface area contributed by atoms with E-state index < -0.39 is 0 Å². The molecule has 3 aromatic rings. The Labute approximate surface area is 164 Å². The molecule has 1 fully saturated rings. The highest BCUT2D eigenvalue weighted by Gasteiger charge is 2.18. The zero-order valence-electron chi connectivity index (χ0n) is 14.6. The number of hydrogen-bond acceptors (Lipinski definition) is 4. The molecule has 2 N–H and O–H groups in total. The van der Waals surface area contributed by atoms with Crippen molar-refractivity contribution in [2.24, 2.45) is 5.92 Å². The predicted octanol–water partition coefficient (Wildman–Crippen LogP) is 4.87. The van der Waals surface area contributed by atoms with Gasteiger partial charge in [-0.15, -0.1) is 11.3 Å². The average Bonchev–Trinajstić information content (AvgIpc) is 3.21. The van der Waals surface area contributed by atoms with Gasteiger partial charge in [-0.1, -0.05) is 22.9 Å². The molecule has 26 heavy (non-hydrogen) atoms. The van der Waals surface area contributed by atoms with Crippen LogP contribution < -0.4 is 5.32 Å². The summed E-state index contributed by atoms with van der Waals surface area (Å²) in [5.41, 5.74) is 2.51. The number of fused-ring (bicyclic) bond motifs is 1. The molecular weight excluding hydrogens is 412 g/mol. The number of nitrogens with one attached hydrogen (secondary N) is 2. The van der Waals surface area contributed by atoms with Gasteiger partial charge in [0.2, 0.25) is 0 Å². The minimum Gasteiger partial charge on any atom is -0.351 e. The number of amides is 1. The maximum Gasteiger partial charge on any atom is 0.273 e. The number of aromatic amines is 1. The van der Waals surface area contributed by atoms with Crippen molar-refractivity contribution in [1.82, 2.24) is 14.9 Å². The molecule has 0 spiro atoms. The Morgan fingerprint density at radius 2 is 2.35 bits per heavy atom. The van der Waals surface area contributed by atoms with Gasteiger partial charge in [0.25, 0.3) is 5.91 Å². The third-order valence-corrected chi connectivity index (χ3v) is 6.03. The Hall–Kier alpha value is -1.70. The number of anilines is 1. The van der Waals surface area contributed by atoms with Crippen LogP contribution in [-0.2, 0) is 6.54 Å². The molecule has 1 aliphatic rings. The molecule has 1 saturated heterocycles. The topological polar surface area (TPSA) is 61.0 Å². The summed E-state index contributed by atoms with van der Waals surface area (Å²) < 4.78 is 0.993. The van der Waals surface area contributed by atoms with E-state index in [2.05, 4.69) is 43.0 Å². The van der Waals surface area contributed by atoms with Crippen LogP contribution in [0.15, 0.2) is 34.1 Å². The number of nitrogens with zero attached hydrogens (tertiary/aromatic N) is 2. The molecule has 0 bridgehead atoms. The van der Waals surface area contributed by atoms with Crippen LogP contribution in [0.3, 0.4) is 0 Å². The lowest BCUT2D eigenvalue weighted by molar-refractivity contribution is 0.102. The number of hydrogen-bond donors (Lipinski definition) is 2. The van der Waals surface area contributed by atoms with Crippen LogP contribution in [0.4, 0.5) is 5.13 Å². The fourth-order valence-corrected chi connectivity index (χ4v) is 4.56. The fourth-order valence-electron chi connectivity index (χ4n) is 3.49. The predicted molar refractivity (Wildman–Crippen MR) is 110 cm³/mol. The van der Waals surface area contributed by atoms with Gasteiger partial charge >= 0.3 is 0 Å². The van der Waals surface area contributed by atoms with Crippen LogP contribution >= 0.6 is 27.3 Å². The molecule has 1 atom stereocenters. The van der Waals surface area contributed by atoms with Crippen LogP contribution in [0.25, 0.3) is 10.9 Å². The number of H-pyrrole nitrogens is 1. The fraction of sp³-hybridized carbons (Fsp3) is 0.368. The van der Waals surface area contributed by atoms with Crippen LogP contribution in [0.2, 0.25) is 0 Å². The molecule has 7 heteroatoms. The normalized spacial score (nSPS) is 18.3. The number of carbonyl (C=O) groups excluding carboxylic acids is 1. The van der Waals surface area contributed by atoms with E-state index in [9.17, 15) is 4.79 Å². The van der Waals surface area contributed by atoms with Crippen LogP contribution in [-0.4, -0.2) is 33.9 Å². The lowest BCUT2D eigenvalue weighted by atomic mass is 10.0. The molecule has 136 valence electrons. The van der Waals surface area contributed by atoms with E-state index in [4.69, 9.17) is 0 Å². The van der Waals surface area contributed by atoms with Crippen molar-refractivity contribution in [1.29, 1.82) is 0 Å². The number of rotatable bonds is 4. The average molecular weight is 433 g/mol. The van der Waals surface area contributed by atoms with Crippen molar-refractivity contribution in [3.05, 3.63) is 45.5 Å². The molecule has 1 aromatic carbocycles. The Balaban J connectivity index is 1.42. The number of benzene rings is 1. The molecule has 1 amide bonds. The van der Waals surface area contributed by atoms with E-state index in [1.165, 1.54) is 24.2 Å². The second-order valence-electron chi connectivity index (χ2n) is 7.00. The smallest absolute Gasteiger partial charge is 0.273 e. The molecule has 1 unspecified atom stereocenters. The number of piperidine rings is 1. The molecule has 4 rings (SSSR count). The maximum absolute atomic E-state index is 12.5. The minimum absolute atomic E-state index is 0.162. The first-order chi connectivity index (χ1) is 12.6. The molecular formula is C19H21BrN4OS. The third-order valence-electron chi connectivity index (χ3n) is 4.73. The number of likely N-dealkylation sites (tertiary alicyclic amines) is 1. The van der Waals surface area contributed by atoms with E-state index in [0.29, 0.717) is 10.8 Å². The van der Waals surface area contributed by atoms with Gasteiger partial charge in [-0.25, -0.2) is 4.98 Å². The van der Waals surface area contributed by atoms with Crippen molar-refractivity contribution < 1.29 is 4.79 Å². The van der Waals surface area contributed by atoms with E-state index >= 15 is 0 Å². The van der Waals surface area contributed by atoms with Gasteiger partial charge in [0.1, 0.15) is 5.69 Å². The summed E-state index contributed by atoms with van der Waals surface area (Å²) in [6.07, 6.45) is 2.57. The summed E-state index contributed by atoms with van der Waals surface area (Å²) in [5, 5.41) is 6.60. The van der Waals surface area contributed by atoms with Gasteiger partial charge in [-0.05, 0) is 49.6 Å². The van der Waals surface area contributed by atoms with Crippen molar-refractivity contribution in [3.63, 3.8) is 0 Å². The van der Waals surface area contributed by atoms with Gasteiger partial charge in [-0.3, -0.25) is 15.0 Å². The lowest BCUT2D eigenvalue weighted by Crippen LogP contribution is -2.33. The largest absolute Gasteiger partial charge is 0.351 e. The highest BCUT2D eigenvalue weighted by molar-refractivity contribution is 9.10. The standard InChI is InChI=1S/C19H21BrN4OS/c1-12-3-2-6-24(9-12)10-15-11-26-19(21-15)23-18(25)17-8-13-7-14(20)4-5-16(13)22-17/h4-5,7-8,11-12,22H,2-3,6,9-10H2,1H3,(H,21,23,25). The zero-order valence-corrected chi connectivity index (χ0v) is 17.0. The van der Waals surface area contributed by atoms with Gasteiger partial charge in [0.05, 0.1) is 5.69 Å². The van der Waals surface area contributed by atoms with Crippen LogP contribution in [0.1, 0.15) is 35.9 Å². The molecule has 5 nitrogen and oxygen atoms in total. The molecule has 1 aliphatic heterocycles. The first kappa shape index (κ1) is 17.7. The quantitative estimate of drug-likeness (QED) is 0.617. The highest BCUT2D eigenvalue weighted by Crippen LogP contribution is 2.23.